The summed E-state index contributed by atoms with van der Waals surface area (Å²) in [6.45, 7) is 4.66. The van der Waals surface area contributed by atoms with Crippen molar-refractivity contribution < 1.29 is 9.59 Å². The number of allylic oxidation sites excluding steroid dienone is 1. The highest BCUT2D eigenvalue weighted by atomic mass is 32.2. The molecule has 0 aliphatic heterocycles. The van der Waals surface area contributed by atoms with Crippen LogP contribution in [-0.2, 0) is 9.59 Å². The Morgan fingerprint density at radius 1 is 1.04 bits per heavy atom. The molecular formula is C20H28O2S. The number of rotatable bonds is 1. The van der Waals surface area contributed by atoms with Gasteiger partial charge in [-0.15, -0.1) is 0 Å². The number of hydrogen-bond donors (Lipinski definition) is 0. The van der Waals surface area contributed by atoms with Crippen LogP contribution in [0, 0.1) is 28.6 Å². The molecule has 3 saturated carbocycles. The van der Waals surface area contributed by atoms with E-state index in [-0.39, 0.29) is 16.1 Å². The molecule has 0 aromatic rings. The van der Waals surface area contributed by atoms with Crippen LogP contribution in [-0.4, -0.2) is 23.1 Å². The van der Waals surface area contributed by atoms with E-state index in [9.17, 15) is 9.59 Å². The van der Waals surface area contributed by atoms with Gasteiger partial charge in [0.15, 0.2) is 5.78 Å². The first-order chi connectivity index (χ1) is 10.9. The standard InChI is InChI=1S/C20H28O2S/c1-19-9-8-15-13(14(19)6-7-18(19)22)5-4-12-10-16(21)17(23-3)11-20(12,15)2/h10,13-15,17H,4-9,11H2,1-3H3/t13-,14-,15-,17?,19-,20-/m0/s1. The van der Waals surface area contributed by atoms with E-state index in [2.05, 4.69) is 20.1 Å². The lowest BCUT2D eigenvalue weighted by Gasteiger charge is -2.57. The topological polar surface area (TPSA) is 34.1 Å². The van der Waals surface area contributed by atoms with Crippen molar-refractivity contribution in [3.8, 4) is 0 Å². The highest BCUT2D eigenvalue weighted by Gasteiger charge is 2.59. The fourth-order valence-electron chi connectivity index (χ4n) is 6.57. The van der Waals surface area contributed by atoms with E-state index in [4.69, 9.17) is 0 Å². The van der Waals surface area contributed by atoms with Crippen LogP contribution in [0.5, 0.6) is 0 Å². The Labute approximate surface area is 143 Å². The summed E-state index contributed by atoms with van der Waals surface area (Å²) in [7, 11) is 0. The maximum atomic E-state index is 12.4. The predicted molar refractivity (Wildman–Crippen MR) is 94.4 cm³/mol. The number of thioether (sulfide) groups is 1. The molecule has 0 N–H and O–H groups in total. The predicted octanol–water partition coefficient (Wildman–Crippen LogP) is 4.43. The van der Waals surface area contributed by atoms with Crippen LogP contribution >= 0.6 is 11.8 Å². The van der Waals surface area contributed by atoms with Gasteiger partial charge in [-0.2, -0.15) is 11.8 Å². The van der Waals surface area contributed by atoms with Crippen LogP contribution in [0.15, 0.2) is 11.6 Å². The van der Waals surface area contributed by atoms with E-state index >= 15 is 0 Å². The van der Waals surface area contributed by atoms with Crippen LogP contribution in [0.4, 0.5) is 0 Å². The second-order valence-electron chi connectivity index (χ2n) is 8.75. The molecule has 3 fully saturated rings. The van der Waals surface area contributed by atoms with Crippen LogP contribution in [0.1, 0.15) is 58.8 Å². The Kier molecular flexibility index (Phi) is 3.61. The van der Waals surface area contributed by atoms with Gasteiger partial charge < -0.3 is 0 Å². The summed E-state index contributed by atoms with van der Waals surface area (Å²) in [6.07, 6.45) is 11.5. The third-order valence-electron chi connectivity index (χ3n) is 7.97. The maximum absolute atomic E-state index is 12.4. The number of hydrogen-bond acceptors (Lipinski definition) is 3. The quantitative estimate of drug-likeness (QED) is 0.712. The Morgan fingerprint density at radius 3 is 2.52 bits per heavy atom. The first-order valence-electron chi connectivity index (χ1n) is 9.21. The molecule has 4 aliphatic carbocycles. The average Bonchev–Trinajstić information content (AvgIpc) is 2.83. The molecule has 0 aromatic heterocycles. The van der Waals surface area contributed by atoms with Gasteiger partial charge in [-0.1, -0.05) is 19.4 Å². The van der Waals surface area contributed by atoms with Crippen molar-refractivity contribution in [2.75, 3.05) is 6.26 Å². The zero-order valence-electron chi connectivity index (χ0n) is 14.6. The van der Waals surface area contributed by atoms with E-state index in [0.29, 0.717) is 29.3 Å². The van der Waals surface area contributed by atoms with Crippen molar-refractivity contribution in [3.05, 3.63) is 11.6 Å². The first-order valence-corrected chi connectivity index (χ1v) is 10.5. The zero-order valence-corrected chi connectivity index (χ0v) is 15.4. The minimum Gasteiger partial charge on any atom is -0.299 e. The van der Waals surface area contributed by atoms with Gasteiger partial charge in [0, 0.05) is 11.8 Å². The summed E-state index contributed by atoms with van der Waals surface area (Å²) in [6, 6.07) is 0. The number of ketones is 2. The lowest BCUT2D eigenvalue weighted by atomic mass is 9.47. The molecule has 0 aromatic carbocycles. The molecular weight excluding hydrogens is 304 g/mol. The minimum atomic E-state index is -0.0395. The molecule has 6 atom stereocenters. The van der Waals surface area contributed by atoms with Crippen molar-refractivity contribution in [2.45, 2.75) is 64.0 Å². The van der Waals surface area contributed by atoms with E-state index < -0.39 is 0 Å². The molecule has 0 bridgehead atoms. The van der Waals surface area contributed by atoms with Crippen molar-refractivity contribution >= 4 is 23.3 Å². The zero-order chi connectivity index (χ0) is 16.4. The molecule has 3 heteroatoms. The van der Waals surface area contributed by atoms with Gasteiger partial charge in [0.1, 0.15) is 5.78 Å². The Balaban J connectivity index is 1.70. The summed E-state index contributed by atoms with van der Waals surface area (Å²) in [5.41, 5.74) is 1.57. The van der Waals surface area contributed by atoms with Crippen LogP contribution < -0.4 is 0 Å². The second-order valence-corrected chi connectivity index (χ2v) is 9.79. The fourth-order valence-corrected chi connectivity index (χ4v) is 7.38. The van der Waals surface area contributed by atoms with Gasteiger partial charge in [-0.05, 0) is 74.0 Å². The number of carbonyl (C=O) groups excluding carboxylic acids is 2. The van der Waals surface area contributed by atoms with Crippen LogP contribution in [0.25, 0.3) is 0 Å². The van der Waals surface area contributed by atoms with Gasteiger partial charge >= 0.3 is 0 Å². The van der Waals surface area contributed by atoms with Gasteiger partial charge in [0.25, 0.3) is 0 Å². The molecule has 0 heterocycles. The summed E-state index contributed by atoms with van der Waals surface area (Å²) in [5.74, 6) is 2.82. The number of carbonyl (C=O) groups is 2. The van der Waals surface area contributed by atoms with Crippen LogP contribution in [0.3, 0.4) is 0 Å². The van der Waals surface area contributed by atoms with E-state index in [0.717, 1.165) is 32.1 Å². The lowest BCUT2D eigenvalue weighted by Crippen LogP contribution is -2.52. The van der Waals surface area contributed by atoms with Crippen LogP contribution in [0.2, 0.25) is 0 Å². The van der Waals surface area contributed by atoms with E-state index in [1.165, 1.54) is 18.4 Å². The highest BCUT2D eigenvalue weighted by Crippen LogP contribution is 2.64. The molecule has 126 valence electrons. The Hall–Kier alpha value is -0.570. The highest BCUT2D eigenvalue weighted by molar-refractivity contribution is 7.99. The second kappa shape index (κ2) is 5.21. The maximum Gasteiger partial charge on any atom is 0.168 e. The first kappa shape index (κ1) is 15.9. The lowest BCUT2D eigenvalue weighted by molar-refractivity contribution is -0.132. The molecule has 4 rings (SSSR count). The normalized spacial score (nSPS) is 49.3. The van der Waals surface area contributed by atoms with E-state index in [1.54, 1.807) is 11.8 Å². The van der Waals surface area contributed by atoms with Gasteiger partial charge in [0.2, 0.25) is 0 Å². The summed E-state index contributed by atoms with van der Waals surface area (Å²) in [5, 5.41) is 0.140. The number of fused-ring (bicyclic) bond motifs is 5. The summed E-state index contributed by atoms with van der Waals surface area (Å²) < 4.78 is 0. The van der Waals surface area contributed by atoms with Gasteiger partial charge in [0.05, 0.1) is 5.25 Å². The van der Waals surface area contributed by atoms with Gasteiger partial charge in [-0.3, -0.25) is 9.59 Å². The molecule has 2 nitrogen and oxygen atoms in total. The molecule has 23 heavy (non-hydrogen) atoms. The molecule has 0 radical (unpaired) electrons. The SMILES string of the molecule is CSC1C[C@@]2(C)C(=CC1=O)CC[C@@H]1[C@@H]2CC[C@]2(C)C(=O)CC[C@@H]12. The van der Waals surface area contributed by atoms with Crippen molar-refractivity contribution in [1.29, 1.82) is 0 Å². The largest absolute Gasteiger partial charge is 0.299 e. The third-order valence-corrected chi connectivity index (χ3v) is 8.94. The Morgan fingerprint density at radius 2 is 1.78 bits per heavy atom. The monoisotopic (exact) mass is 332 g/mol. The van der Waals surface area contributed by atoms with Crippen molar-refractivity contribution in [3.63, 3.8) is 0 Å². The number of Topliss-reactive ketones (excluding diaryl/α,β-unsaturated/α-hetero) is 1. The van der Waals surface area contributed by atoms with Gasteiger partial charge in [-0.25, -0.2) is 0 Å². The molecule has 0 saturated heterocycles. The molecule has 0 amide bonds. The summed E-state index contributed by atoms with van der Waals surface area (Å²) >= 11 is 1.72. The molecule has 1 unspecified atom stereocenters. The molecule has 0 spiro atoms. The smallest absolute Gasteiger partial charge is 0.168 e. The summed E-state index contributed by atoms with van der Waals surface area (Å²) in [4.78, 5) is 24.8. The molecule has 4 aliphatic rings. The average molecular weight is 333 g/mol. The van der Waals surface area contributed by atoms with E-state index in [1.807, 2.05) is 6.08 Å². The minimum absolute atomic E-state index is 0.0395. The fraction of sp³-hybridized carbons (Fsp3) is 0.800. The van der Waals surface area contributed by atoms with Crippen molar-refractivity contribution in [2.24, 2.45) is 28.6 Å². The third kappa shape index (κ3) is 2.08. The Bertz CT molecular complexity index is 594. The van der Waals surface area contributed by atoms with Crippen molar-refractivity contribution in [1.82, 2.24) is 0 Å².